The Kier molecular flexibility index (Phi) is 8.92. The van der Waals surface area contributed by atoms with Crippen molar-refractivity contribution in [2.45, 2.75) is 45.6 Å². The molecule has 192 valence electrons. The Morgan fingerprint density at radius 2 is 1.70 bits per heavy atom. The summed E-state index contributed by atoms with van der Waals surface area (Å²) in [6.45, 7) is 7.04. The van der Waals surface area contributed by atoms with E-state index in [2.05, 4.69) is 10.1 Å². The highest BCUT2D eigenvalue weighted by Crippen LogP contribution is 2.30. The standard InChI is InChI=1S/C29H32N4O4/c1-5-29(4,27(34)35)24-16-14-22(15-17-24)23-12-9-13-25(18-23)31-26(19(2)33-30)32-28(36)37-20(3)21-10-7-6-8-11-21/h6-18,20H,5,30H2,1-4H3,(H,34,35)(H,31,32,36)/p+1. The van der Waals surface area contributed by atoms with E-state index < -0.39 is 23.6 Å². The van der Waals surface area contributed by atoms with E-state index in [1.54, 1.807) is 26.1 Å². The van der Waals surface area contributed by atoms with Gasteiger partial charge >= 0.3 is 12.1 Å². The monoisotopic (exact) mass is 501 g/mol. The number of amides is 1. The molecule has 0 saturated heterocycles. The summed E-state index contributed by atoms with van der Waals surface area (Å²) in [5.74, 6) is 4.94. The fraction of sp³-hybridized carbons (Fsp3) is 0.241. The maximum atomic E-state index is 12.6. The van der Waals surface area contributed by atoms with Crippen LogP contribution in [0.4, 0.5) is 10.5 Å². The van der Waals surface area contributed by atoms with Crippen LogP contribution in [-0.2, 0) is 14.9 Å². The lowest BCUT2D eigenvalue weighted by atomic mass is 9.80. The molecule has 2 atom stereocenters. The van der Waals surface area contributed by atoms with E-state index in [-0.39, 0.29) is 0 Å². The van der Waals surface area contributed by atoms with E-state index in [1.165, 1.54) is 0 Å². The van der Waals surface area contributed by atoms with Crippen molar-refractivity contribution in [2.24, 2.45) is 15.9 Å². The first-order valence-electron chi connectivity index (χ1n) is 12.1. The number of carboxylic acids is 1. The second kappa shape index (κ2) is 12.1. The van der Waals surface area contributed by atoms with Crippen LogP contribution in [0.3, 0.4) is 0 Å². The molecule has 8 nitrogen and oxygen atoms in total. The molecule has 0 heterocycles. The average Bonchev–Trinajstić information content (AvgIpc) is 2.92. The van der Waals surface area contributed by atoms with Crippen molar-refractivity contribution in [1.82, 2.24) is 0 Å². The van der Waals surface area contributed by atoms with E-state index in [0.29, 0.717) is 18.0 Å². The van der Waals surface area contributed by atoms with Crippen LogP contribution >= 0.6 is 0 Å². The summed E-state index contributed by atoms with van der Waals surface area (Å²) in [6, 6.07) is 24.6. The molecule has 3 aromatic carbocycles. The summed E-state index contributed by atoms with van der Waals surface area (Å²) in [5, 5.41) is 15.1. The number of quaternary nitrogens is 1. The maximum Gasteiger partial charge on any atom is 0.439 e. The van der Waals surface area contributed by atoms with Crippen molar-refractivity contribution in [3.8, 4) is 11.1 Å². The fourth-order valence-corrected chi connectivity index (χ4v) is 3.83. The van der Waals surface area contributed by atoms with Gasteiger partial charge in [-0.3, -0.25) is 10.1 Å². The molecule has 0 aliphatic heterocycles. The molecule has 0 aliphatic rings. The molecule has 3 rings (SSSR count). The largest absolute Gasteiger partial charge is 0.481 e. The quantitative estimate of drug-likeness (QED) is 0.132. The number of amidine groups is 1. The lowest BCUT2D eigenvalue weighted by Crippen LogP contribution is -2.84. The van der Waals surface area contributed by atoms with Gasteiger partial charge in [0.2, 0.25) is 0 Å². The predicted molar refractivity (Wildman–Crippen MR) is 145 cm³/mol. The third-order valence-corrected chi connectivity index (χ3v) is 6.55. The Balaban J connectivity index is 1.81. The van der Waals surface area contributed by atoms with Gasteiger partial charge in [0.05, 0.1) is 5.41 Å². The van der Waals surface area contributed by atoms with Crippen LogP contribution in [0.5, 0.6) is 0 Å². The number of hydrogen-bond acceptors (Lipinski definition) is 5. The van der Waals surface area contributed by atoms with Crippen molar-refractivity contribution < 1.29 is 24.7 Å². The van der Waals surface area contributed by atoms with Gasteiger partial charge in [-0.25, -0.2) is 4.79 Å². The lowest BCUT2D eigenvalue weighted by molar-refractivity contribution is -0.439. The maximum absolute atomic E-state index is 12.6. The lowest BCUT2D eigenvalue weighted by Gasteiger charge is -2.23. The summed E-state index contributed by atoms with van der Waals surface area (Å²) < 4.78 is 5.47. The number of aliphatic imine (C=N–C) groups is 1. The molecular weight excluding hydrogens is 468 g/mol. The number of ether oxygens (including phenoxy) is 1. The minimum Gasteiger partial charge on any atom is -0.481 e. The number of aliphatic carboxylic acids is 1. The summed E-state index contributed by atoms with van der Waals surface area (Å²) >= 11 is 0. The van der Waals surface area contributed by atoms with E-state index >= 15 is 0 Å². The molecule has 0 fully saturated rings. The second-order valence-corrected chi connectivity index (χ2v) is 8.99. The predicted octanol–water partition coefficient (Wildman–Crippen LogP) is 4.93. The molecule has 37 heavy (non-hydrogen) atoms. The van der Waals surface area contributed by atoms with Gasteiger partial charge in [-0.1, -0.05) is 73.7 Å². The Morgan fingerprint density at radius 3 is 2.30 bits per heavy atom. The third-order valence-electron chi connectivity index (χ3n) is 6.55. The van der Waals surface area contributed by atoms with Gasteiger partial charge in [0.15, 0.2) is 0 Å². The first kappa shape index (κ1) is 27.3. The molecule has 0 aliphatic carbocycles. The van der Waals surface area contributed by atoms with E-state index in [4.69, 9.17) is 10.6 Å². The van der Waals surface area contributed by atoms with Crippen molar-refractivity contribution >= 4 is 29.3 Å². The van der Waals surface area contributed by atoms with Gasteiger partial charge in [-0.2, -0.15) is 5.10 Å². The van der Waals surface area contributed by atoms with Crippen molar-refractivity contribution in [3.63, 3.8) is 0 Å². The molecule has 8 heteroatoms. The van der Waals surface area contributed by atoms with Crippen molar-refractivity contribution in [1.29, 1.82) is 0 Å². The molecule has 5 N–H and O–H groups in total. The Bertz CT molecular complexity index is 1300. The number of benzene rings is 3. The third kappa shape index (κ3) is 6.68. The molecular formula is C29H33N4O4+. The Morgan fingerprint density at radius 1 is 1.03 bits per heavy atom. The number of rotatable bonds is 8. The second-order valence-electron chi connectivity index (χ2n) is 8.99. The van der Waals surface area contributed by atoms with E-state index in [0.717, 1.165) is 27.9 Å². The number of hydrazone groups is 1. The van der Waals surface area contributed by atoms with E-state index in [1.807, 2.05) is 85.8 Å². The van der Waals surface area contributed by atoms with Gasteiger partial charge < -0.3 is 15.7 Å². The zero-order chi connectivity index (χ0) is 27.0. The van der Waals surface area contributed by atoms with Crippen molar-refractivity contribution in [2.75, 3.05) is 0 Å². The smallest absolute Gasteiger partial charge is 0.439 e. The van der Waals surface area contributed by atoms with Crippen LogP contribution in [0, 0.1) is 0 Å². The van der Waals surface area contributed by atoms with Crippen LogP contribution < -0.4 is 11.2 Å². The molecule has 0 radical (unpaired) electrons. The van der Waals surface area contributed by atoms with Gasteiger partial charge in [0.25, 0.3) is 5.84 Å². The first-order chi connectivity index (χ1) is 17.7. The van der Waals surface area contributed by atoms with Gasteiger partial charge in [-0.15, -0.1) is 4.99 Å². The van der Waals surface area contributed by atoms with E-state index in [9.17, 15) is 14.7 Å². The minimum atomic E-state index is -0.939. The van der Waals surface area contributed by atoms with Crippen LogP contribution in [-0.4, -0.2) is 28.7 Å². The Hall–Kier alpha value is -4.30. The molecule has 0 saturated carbocycles. The Labute approximate surface area is 216 Å². The molecule has 2 unspecified atom stereocenters. The van der Waals surface area contributed by atoms with Crippen LogP contribution in [0.1, 0.15) is 51.3 Å². The summed E-state index contributed by atoms with van der Waals surface area (Å²) in [4.78, 5) is 28.4. The van der Waals surface area contributed by atoms with Crippen LogP contribution in [0.2, 0.25) is 0 Å². The van der Waals surface area contributed by atoms with Crippen molar-refractivity contribution in [3.05, 3.63) is 90.0 Å². The number of hydrogen-bond donors (Lipinski definition) is 3. The molecule has 0 aromatic heterocycles. The SMILES string of the molecule is CCC(C)(C(=O)O)c1ccc(-c2cccc([NH2+]C(=NC(=O)OC(C)c3ccccc3)C(C)=NN)c2)cc1. The number of carbonyl (C=O) groups excluding carboxylic acids is 1. The first-order valence-corrected chi connectivity index (χ1v) is 12.1. The van der Waals surface area contributed by atoms with Gasteiger partial charge in [-0.05, 0) is 55.5 Å². The average molecular weight is 502 g/mol. The molecule has 1 amide bonds. The number of carbonyl (C=O) groups is 2. The zero-order valence-electron chi connectivity index (χ0n) is 21.5. The molecule has 3 aromatic rings. The highest BCUT2D eigenvalue weighted by Gasteiger charge is 2.33. The van der Waals surface area contributed by atoms with Crippen LogP contribution in [0.25, 0.3) is 11.1 Å². The summed E-state index contributed by atoms with van der Waals surface area (Å²) in [5.41, 5.74) is 3.70. The topological polar surface area (TPSA) is 131 Å². The van der Waals surface area contributed by atoms with Gasteiger partial charge in [0.1, 0.15) is 17.5 Å². The molecule has 0 bridgehead atoms. The number of carboxylic acid groups (broad SMARTS) is 1. The highest BCUT2D eigenvalue weighted by molar-refractivity contribution is 6.38. The summed E-state index contributed by atoms with van der Waals surface area (Å²) in [7, 11) is 0. The van der Waals surface area contributed by atoms with Gasteiger partial charge in [0, 0.05) is 6.07 Å². The minimum absolute atomic E-state index is 0.292. The zero-order valence-corrected chi connectivity index (χ0v) is 21.5. The fourth-order valence-electron chi connectivity index (χ4n) is 3.83. The normalized spacial score (nSPS) is 14.5. The van der Waals surface area contributed by atoms with Crippen LogP contribution in [0.15, 0.2) is 89.0 Å². The number of nitrogens with two attached hydrogens (primary N) is 2. The number of nitrogens with zero attached hydrogens (tertiary/aromatic N) is 2. The molecule has 0 spiro atoms. The highest BCUT2D eigenvalue weighted by atomic mass is 16.6. The summed E-state index contributed by atoms with van der Waals surface area (Å²) in [6.07, 6.45) is -0.714.